The molecule has 2 aliphatic carbocycles. The summed E-state index contributed by atoms with van der Waals surface area (Å²) in [4.78, 5) is 97.0. The van der Waals surface area contributed by atoms with Crippen molar-refractivity contribution >= 4 is 52.7 Å². The van der Waals surface area contributed by atoms with Crippen molar-refractivity contribution in [2.75, 3.05) is 46.2 Å². The van der Waals surface area contributed by atoms with Gasteiger partial charge >= 0.3 is 0 Å². The van der Waals surface area contributed by atoms with Gasteiger partial charge < -0.3 is 43.7 Å². The van der Waals surface area contributed by atoms with Gasteiger partial charge in [-0.15, -0.1) is 11.8 Å². The SMILES string of the molecule is COc1cccc2c1C(=O)c1c(O)c3c(c(O)c1C2=O)C[C@@](O)(C(=O)CSC1CC(=O)N(CCCCCN2C(=O)C=CC2=O)C1=O)C[C@@H]3O[C@H]1C[C@H]2[C@H](O[C@@H]3[C@@H](OC)OCCN32)[C@H](C)O1. The van der Waals surface area contributed by atoms with Crippen LogP contribution in [0.5, 0.6) is 17.2 Å². The Morgan fingerprint density at radius 3 is 2.37 bits per heavy atom. The van der Waals surface area contributed by atoms with E-state index in [0.717, 1.165) is 21.6 Å². The summed E-state index contributed by atoms with van der Waals surface area (Å²) in [5.41, 5.74) is -3.73. The lowest BCUT2D eigenvalue weighted by molar-refractivity contribution is -0.256. The molecular formula is C45H49N3O16S. The van der Waals surface area contributed by atoms with Crippen LogP contribution in [0, 0.1) is 0 Å². The number of methoxy groups -OCH3 is 2. The molecule has 7 aliphatic rings. The Morgan fingerprint density at radius 2 is 1.65 bits per heavy atom. The number of ketones is 3. The number of ether oxygens (including phenoxy) is 6. The third-order valence-electron chi connectivity index (χ3n) is 13.5. The molecule has 0 aromatic heterocycles. The number of phenolic OH excluding ortho intramolecular Hbond substituents is 2. The second-order valence-electron chi connectivity index (χ2n) is 17.2. The Morgan fingerprint density at radius 1 is 0.923 bits per heavy atom. The van der Waals surface area contributed by atoms with Gasteiger partial charge in [-0.2, -0.15) is 0 Å². The van der Waals surface area contributed by atoms with Gasteiger partial charge in [-0.25, -0.2) is 0 Å². The van der Waals surface area contributed by atoms with Crippen LogP contribution in [-0.2, 0) is 54.1 Å². The molecular weight excluding hydrogens is 871 g/mol. The Hall–Kier alpha value is -5.06. The Bertz CT molecular complexity index is 2390. The normalized spacial score (nSPS) is 30.7. The van der Waals surface area contributed by atoms with Crippen LogP contribution in [0.3, 0.4) is 0 Å². The highest BCUT2D eigenvalue weighted by Gasteiger charge is 2.55. The van der Waals surface area contributed by atoms with Crippen molar-refractivity contribution in [2.45, 2.75) is 106 Å². The summed E-state index contributed by atoms with van der Waals surface area (Å²) in [7, 11) is 2.85. The van der Waals surface area contributed by atoms with Gasteiger partial charge in [0.2, 0.25) is 17.6 Å². The van der Waals surface area contributed by atoms with E-state index in [0.29, 0.717) is 32.4 Å². The van der Waals surface area contributed by atoms with Gasteiger partial charge in [-0.1, -0.05) is 12.1 Å². The monoisotopic (exact) mass is 919 g/mol. The molecule has 20 heteroatoms. The standard InChI is InChI=1S/C45H49N3O16S/c1-21-41-24(46-14-15-61-44(60-3)43(46)64-41)16-32(62-21)63-26-19-45(58,18-23-34(26)40(56)36-35(38(23)54)37(53)22-8-7-9-25(59-2)33(22)39(36)55)28(49)20-65-27-17-31(52)48(42(27)57)13-6-4-5-12-47-29(50)10-11-30(47)51/h7-11,21,24,26-27,32,41,43-44,54,56,58H,4-6,12-20H2,1-3H3/t21-,24-,26-,27?,32-,41+,43+,44-,45-/m0/s1. The van der Waals surface area contributed by atoms with E-state index in [9.17, 15) is 48.9 Å². The van der Waals surface area contributed by atoms with Crippen LogP contribution >= 0.6 is 11.8 Å². The topological polar surface area (TPSA) is 245 Å². The van der Waals surface area contributed by atoms with Crippen LogP contribution in [0.15, 0.2) is 30.4 Å². The number of morpholine rings is 1. The van der Waals surface area contributed by atoms with E-state index in [1.165, 1.54) is 44.6 Å². The van der Waals surface area contributed by atoms with E-state index in [1.807, 2.05) is 6.92 Å². The molecule has 0 spiro atoms. The second-order valence-corrected chi connectivity index (χ2v) is 18.4. The fourth-order valence-electron chi connectivity index (χ4n) is 10.2. The molecule has 0 bridgehead atoms. The fourth-order valence-corrected chi connectivity index (χ4v) is 11.4. The minimum Gasteiger partial charge on any atom is -0.507 e. The van der Waals surface area contributed by atoms with Crippen molar-refractivity contribution in [3.05, 3.63) is 63.7 Å². The molecule has 0 saturated carbocycles. The molecule has 5 heterocycles. The number of aromatic hydroxyl groups is 2. The zero-order valence-electron chi connectivity index (χ0n) is 35.9. The minimum absolute atomic E-state index is 0.0738. The highest BCUT2D eigenvalue weighted by molar-refractivity contribution is 8.01. The number of aliphatic hydroxyl groups is 1. The van der Waals surface area contributed by atoms with Crippen molar-refractivity contribution in [3.63, 3.8) is 0 Å². The molecule has 65 heavy (non-hydrogen) atoms. The fraction of sp³-hybridized carbons (Fsp3) is 0.533. The average Bonchev–Trinajstić information content (AvgIpc) is 3.92. The van der Waals surface area contributed by atoms with Crippen molar-refractivity contribution in [1.82, 2.24) is 14.7 Å². The summed E-state index contributed by atoms with van der Waals surface area (Å²) >= 11 is 0.891. The van der Waals surface area contributed by atoms with Crippen molar-refractivity contribution in [1.29, 1.82) is 0 Å². The summed E-state index contributed by atoms with van der Waals surface area (Å²) < 4.78 is 36.0. The maximum absolute atomic E-state index is 14.3. The van der Waals surface area contributed by atoms with Gasteiger partial charge in [0.05, 0.1) is 53.6 Å². The third kappa shape index (κ3) is 7.76. The number of hydrogen-bond acceptors (Lipinski definition) is 18. The van der Waals surface area contributed by atoms with Gasteiger partial charge in [0.1, 0.15) is 29.0 Å². The number of amides is 4. The Balaban J connectivity index is 0.956. The molecule has 0 radical (unpaired) electrons. The molecule has 9 rings (SSSR count). The van der Waals surface area contributed by atoms with Gasteiger partial charge in [0.25, 0.3) is 11.8 Å². The molecule has 9 atom stereocenters. The van der Waals surface area contributed by atoms with Gasteiger partial charge in [0, 0.05) is 87.3 Å². The van der Waals surface area contributed by atoms with Crippen LogP contribution in [-0.4, -0.2) is 165 Å². The number of rotatable bonds is 14. The van der Waals surface area contributed by atoms with E-state index in [1.54, 1.807) is 0 Å². The molecule has 346 valence electrons. The van der Waals surface area contributed by atoms with Crippen LogP contribution in [0.4, 0.5) is 0 Å². The molecule has 4 fully saturated rings. The lowest BCUT2D eigenvalue weighted by Gasteiger charge is -2.43. The highest BCUT2D eigenvalue weighted by Crippen LogP contribution is 2.53. The van der Waals surface area contributed by atoms with Crippen LogP contribution in [0.25, 0.3) is 0 Å². The van der Waals surface area contributed by atoms with Gasteiger partial charge in [-0.05, 0) is 32.3 Å². The zero-order chi connectivity index (χ0) is 46.1. The molecule has 3 N–H and O–H groups in total. The number of carbonyl (C=O) groups excluding carboxylic acids is 7. The molecule has 5 aliphatic heterocycles. The summed E-state index contributed by atoms with van der Waals surface area (Å²) in [5, 5.41) is 35.6. The quantitative estimate of drug-likeness (QED) is 0.118. The maximum atomic E-state index is 14.3. The van der Waals surface area contributed by atoms with Crippen LogP contribution in [0.1, 0.15) is 94.5 Å². The first-order valence-corrected chi connectivity index (χ1v) is 22.7. The molecule has 4 amide bonds. The maximum Gasteiger partial charge on any atom is 0.253 e. The van der Waals surface area contributed by atoms with E-state index in [2.05, 4.69) is 4.90 Å². The van der Waals surface area contributed by atoms with Gasteiger partial charge in [0.15, 0.2) is 30.4 Å². The number of thioether (sulfide) groups is 1. The van der Waals surface area contributed by atoms with Crippen molar-refractivity contribution in [3.8, 4) is 17.2 Å². The summed E-state index contributed by atoms with van der Waals surface area (Å²) in [6.45, 7) is 3.06. The zero-order valence-corrected chi connectivity index (χ0v) is 36.7. The number of hydrogen-bond donors (Lipinski definition) is 3. The minimum atomic E-state index is -2.30. The third-order valence-corrected chi connectivity index (χ3v) is 14.7. The first kappa shape index (κ1) is 45.1. The van der Waals surface area contributed by atoms with Crippen LogP contribution < -0.4 is 4.74 Å². The number of nitrogens with zero attached hydrogens (tertiary/aromatic N) is 3. The van der Waals surface area contributed by atoms with E-state index < -0.39 is 118 Å². The van der Waals surface area contributed by atoms with Crippen molar-refractivity contribution < 1.29 is 77.3 Å². The number of likely N-dealkylation sites (tertiary alicyclic amines) is 1. The highest BCUT2D eigenvalue weighted by atomic mass is 32.2. The lowest BCUT2D eigenvalue weighted by atomic mass is 9.72. The van der Waals surface area contributed by atoms with Crippen molar-refractivity contribution in [2.24, 2.45) is 0 Å². The van der Waals surface area contributed by atoms with Crippen LogP contribution in [0.2, 0.25) is 0 Å². The lowest BCUT2D eigenvalue weighted by Crippen LogP contribution is -2.55. The first-order chi connectivity index (χ1) is 31.1. The molecule has 2 aromatic carbocycles. The van der Waals surface area contributed by atoms with E-state index in [-0.39, 0.29) is 71.8 Å². The molecule has 2 aromatic rings. The largest absolute Gasteiger partial charge is 0.507 e. The number of phenols is 2. The van der Waals surface area contributed by atoms with Gasteiger partial charge in [-0.3, -0.25) is 48.3 Å². The number of Topliss-reactive ketones (excluding diaryl/α,β-unsaturated/α-hetero) is 1. The number of imide groups is 2. The number of unbranched alkanes of at least 4 members (excludes halogenated alkanes) is 2. The van der Waals surface area contributed by atoms with E-state index >= 15 is 0 Å². The number of benzene rings is 2. The predicted octanol–water partition coefficient (Wildman–Crippen LogP) is 1.68. The van der Waals surface area contributed by atoms with E-state index in [4.69, 9.17) is 28.4 Å². The second kappa shape index (κ2) is 17.6. The summed E-state index contributed by atoms with van der Waals surface area (Å²) in [5.74, 6) is -5.74. The number of fused-ring (bicyclic) bond motifs is 6. The molecule has 1 unspecified atom stereocenters. The Labute approximate surface area is 376 Å². The summed E-state index contributed by atoms with van der Waals surface area (Å²) in [6.07, 6.45) is -1.63. The average molecular weight is 920 g/mol. The predicted molar refractivity (Wildman–Crippen MR) is 224 cm³/mol. The smallest absolute Gasteiger partial charge is 0.253 e. The summed E-state index contributed by atoms with van der Waals surface area (Å²) in [6, 6.07) is 4.16. The Kier molecular flexibility index (Phi) is 12.2. The first-order valence-electron chi connectivity index (χ1n) is 21.6. The number of carbonyl (C=O) groups is 7. The molecule has 19 nitrogen and oxygen atoms in total. The molecule has 4 saturated heterocycles.